The number of anilines is 1. The molecule has 0 atom stereocenters. The van der Waals surface area contributed by atoms with E-state index >= 15 is 0 Å². The molecule has 0 spiro atoms. The number of carbonyl (C=O) groups excluding carboxylic acids is 2. The van der Waals surface area contributed by atoms with E-state index in [1.54, 1.807) is 12.1 Å². The van der Waals surface area contributed by atoms with Gasteiger partial charge in [-0.25, -0.2) is 0 Å². The van der Waals surface area contributed by atoms with Crippen LogP contribution in [0.3, 0.4) is 0 Å². The monoisotopic (exact) mass is 416 g/mol. The van der Waals surface area contributed by atoms with Crippen LogP contribution in [-0.2, 0) is 11.3 Å². The van der Waals surface area contributed by atoms with E-state index in [9.17, 15) is 14.7 Å². The summed E-state index contributed by atoms with van der Waals surface area (Å²) in [5.41, 5.74) is 1.82. The predicted molar refractivity (Wildman–Crippen MR) is 104 cm³/mol. The summed E-state index contributed by atoms with van der Waals surface area (Å²) in [7, 11) is 0. The molecule has 0 heterocycles. The molecule has 0 radical (unpaired) electrons. The van der Waals surface area contributed by atoms with Crippen LogP contribution in [-0.4, -0.2) is 16.9 Å². The Bertz CT molecular complexity index is 816. The Morgan fingerprint density at radius 2 is 1.88 bits per heavy atom. The first-order chi connectivity index (χ1) is 12.5. The fourth-order valence-corrected chi connectivity index (χ4v) is 3.52. The second kappa shape index (κ2) is 8.36. The Hall–Kier alpha value is -2.34. The van der Waals surface area contributed by atoms with Crippen molar-refractivity contribution in [3.63, 3.8) is 0 Å². The summed E-state index contributed by atoms with van der Waals surface area (Å²) in [6.07, 6.45) is 4.15. The number of aromatic hydroxyl groups is 1. The van der Waals surface area contributed by atoms with Gasteiger partial charge in [-0.3, -0.25) is 9.59 Å². The van der Waals surface area contributed by atoms with Gasteiger partial charge in [-0.05, 0) is 48.7 Å². The molecule has 26 heavy (non-hydrogen) atoms. The van der Waals surface area contributed by atoms with Crippen molar-refractivity contribution in [2.24, 2.45) is 5.92 Å². The fraction of sp³-hybridized carbons (Fsp3) is 0.300. The molecule has 0 bridgehead atoms. The molecule has 5 nitrogen and oxygen atoms in total. The van der Waals surface area contributed by atoms with Gasteiger partial charge in [0.2, 0.25) is 5.91 Å². The molecule has 0 aliphatic heterocycles. The molecule has 0 saturated heterocycles. The van der Waals surface area contributed by atoms with Crippen LogP contribution in [0.4, 0.5) is 5.69 Å². The minimum atomic E-state index is -0.357. The number of hydrogen-bond acceptors (Lipinski definition) is 3. The van der Waals surface area contributed by atoms with Crippen molar-refractivity contribution in [1.29, 1.82) is 0 Å². The average Bonchev–Trinajstić information content (AvgIpc) is 3.17. The third-order valence-corrected chi connectivity index (χ3v) is 5.07. The number of phenolic OH excluding ortho intramolecular Hbond substituents is 1. The van der Waals surface area contributed by atoms with Gasteiger partial charge in [-0.15, -0.1) is 0 Å². The molecule has 1 fully saturated rings. The van der Waals surface area contributed by atoms with Gasteiger partial charge in [0.1, 0.15) is 5.75 Å². The van der Waals surface area contributed by atoms with E-state index in [-0.39, 0.29) is 29.0 Å². The van der Waals surface area contributed by atoms with Crippen molar-refractivity contribution in [3.05, 3.63) is 58.1 Å². The van der Waals surface area contributed by atoms with Crippen LogP contribution in [0.2, 0.25) is 0 Å². The predicted octanol–water partition coefficient (Wildman–Crippen LogP) is 4.21. The van der Waals surface area contributed by atoms with Crippen molar-refractivity contribution in [3.8, 4) is 5.75 Å². The zero-order valence-electron chi connectivity index (χ0n) is 14.3. The number of hydrogen-bond donors (Lipinski definition) is 3. The smallest absolute Gasteiger partial charge is 0.255 e. The minimum absolute atomic E-state index is 0.0664. The average molecular weight is 417 g/mol. The normalized spacial score (nSPS) is 14.2. The highest BCUT2D eigenvalue weighted by molar-refractivity contribution is 9.10. The molecule has 3 rings (SSSR count). The molecular formula is C20H21BrN2O3. The molecule has 1 aliphatic carbocycles. The lowest BCUT2D eigenvalue weighted by Gasteiger charge is -2.12. The molecule has 2 aromatic carbocycles. The van der Waals surface area contributed by atoms with E-state index in [2.05, 4.69) is 26.6 Å². The molecule has 0 unspecified atom stereocenters. The zero-order chi connectivity index (χ0) is 18.5. The number of halogens is 1. The summed E-state index contributed by atoms with van der Waals surface area (Å²) in [6, 6.07) is 12.1. The lowest BCUT2D eigenvalue weighted by molar-refractivity contribution is -0.119. The van der Waals surface area contributed by atoms with Crippen LogP contribution in [0.1, 0.15) is 41.6 Å². The number of phenols is 1. The Morgan fingerprint density at radius 3 is 2.65 bits per heavy atom. The number of nitrogens with one attached hydrogen (secondary N) is 2. The van der Waals surface area contributed by atoms with Crippen molar-refractivity contribution >= 4 is 33.4 Å². The molecule has 1 saturated carbocycles. The molecular weight excluding hydrogens is 396 g/mol. The Labute approximate surface area is 160 Å². The van der Waals surface area contributed by atoms with E-state index in [1.807, 2.05) is 24.3 Å². The quantitative estimate of drug-likeness (QED) is 0.682. The summed E-state index contributed by atoms with van der Waals surface area (Å²) >= 11 is 3.29. The third kappa shape index (κ3) is 4.64. The first kappa shape index (κ1) is 18.5. The number of rotatable bonds is 5. The molecule has 2 amide bonds. The SMILES string of the molecule is O=C(NCc1cccc(NC(=O)C2CCCC2)c1)c1cc(Br)ccc1O. The van der Waals surface area contributed by atoms with Gasteiger partial charge in [0.15, 0.2) is 0 Å². The van der Waals surface area contributed by atoms with Crippen LogP contribution in [0.25, 0.3) is 0 Å². The molecule has 0 aromatic heterocycles. The second-order valence-electron chi connectivity index (χ2n) is 6.52. The first-order valence-corrected chi connectivity index (χ1v) is 9.49. The summed E-state index contributed by atoms with van der Waals surface area (Å²) in [6.45, 7) is 0.303. The lowest BCUT2D eigenvalue weighted by Crippen LogP contribution is -2.23. The fourth-order valence-electron chi connectivity index (χ4n) is 3.16. The standard InChI is InChI=1S/C20H21BrN2O3/c21-15-8-9-18(24)17(11-15)20(26)22-12-13-4-3-7-16(10-13)23-19(25)14-5-1-2-6-14/h3-4,7-11,14,24H,1-2,5-6,12H2,(H,22,26)(H,23,25). The van der Waals surface area contributed by atoms with Gasteiger partial charge in [0.25, 0.3) is 5.91 Å². The summed E-state index contributed by atoms with van der Waals surface area (Å²) < 4.78 is 0.720. The largest absolute Gasteiger partial charge is 0.507 e. The summed E-state index contributed by atoms with van der Waals surface area (Å²) in [5, 5.41) is 15.6. The summed E-state index contributed by atoms with van der Waals surface area (Å²) in [4.78, 5) is 24.5. The Morgan fingerprint density at radius 1 is 1.12 bits per heavy atom. The maximum absolute atomic E-state index is 12.3. The highest BCUT2D eigenvalue weighted by Crippen LogP contribution is 2.26. The van der Waals surface area contributed by atoms with E-state index in [1.165, 1.54) is 6.07 Å². The van der Waals surface area contributed by atoms with Gasteiger partial charge < -0.3 is 15.7 Å². The maximum atomic E-state index is 12.3. The van der Waals surface area contributed by atoms with Gasteiger partial charge in [0.05, 0.1) is 5.56 Å². The van der Waals surface area contributed by atoms with E-state index in [4.69, 9.17) is 0 Å². The van der Waals surface area contributed by atoms with Crippen LogP contribution in [0.15, 0.2) is 46.9 Å². The molecule has 2 aromatic rings. The van der Waals surface area contributed by atoms with E-state index < -0.39 is 0 Å². The number of carbonyl (C=O) groups is 2. The lowest BCUT2D eigenvalue weighted by atomic mass is 10.1. The van der Waals surface area contributed by atoms with Crippen LogP contribution in [0, 0.1) is 5.92 Å². The highest BCUT2D eigenvalue weighted by atomic mass is 79.9. The molecule has 136 valence electrons. The minimum Gasteiger partial charge on any atom is -0.507 e. The molecule has 3 N–H and O–H groups in total. The second-order valence-corrected chi connectivity index (χ2v) is 7.43. The number of amides is 2. The van der Waals surface area contributed by atoms with E-state index in [0.717, 1.165) is 41.4 Å². The van der Waals surface area contributed by atoms with Crippen LogP contribution in [0.5, 0.6) is 5.75 Å². The number of benzene rings is 2. The van der Waals surface area contributed by atoms with E-state index in [0.29, 0.717) is 6.54 Å². The molecule has 6 heteroatoms. The first-order valence-electron chi connectivity index (χ1n) is 8.69. The van der Waals surface area contributed by atoms with Crippen LogP contribution < -0.4 is 10.6 Å². The van der Waals surface area contributed by atoms with Crippen molar-refractivity contribution in [2.45, 2.75) is 32.2 Å². The Kier molecular flexibility index (Phi) is 5.93. The van der Waals surface area contributed by atoms with Crippen molar-refractivity contribution in [2.75, 3.05) is 5.32 Å². The maximum Gasteiger partial charge on any atom is 0.255 e. The Balaban J connectivity index is 1.60. The van der Waals surface area contributed by atoms with Gasteiger partial charge in [-0.2, -0.15) is 0 Å². The van der Waals surface area contributed by atoms with Gasteiger partial charge in [-0.1, -0.05) is 40.9 Å². The molecule has 1 aliphatic rings. The zero-order valence-corrected chi connectivity index (χ0v) is 15.9. The van der Waals surface area contributed by atoms with Gasteiger partial charge in [0, 0.05) is 22.6 Å². The van der Waals surface area contributed by atoms with Crippen molar-refractivity contribution < 1.29 is 14.7 Å². The van der Waals surface area contributed by atoms with Crippen molar-refractivity contribution in [1.82, 2.24) is 5.32 Å². The third-order valence-electron chi connectivity index (χ3n) is 4.58. The highest BCUT2D eigenvalue weighted by Gasteiger charge is 2.22. The topological polar surface area (TPSA) is 78.4 Å². The van der Waals surface area contributed by atoms with Crippen LogP contribution >= 0.6 is 15.9 Å². The van der Waals surface area contributed by atoms with Gasteiger partial charge >= 0.3 is 0 Å². The summed E-state index contributed by atoms with van der Waals surface area (Å²) in [5.74, 6) is -0.243.